The van der Waals surface area contributed by atoms with Gasteiger partial charge in [0.05, 0.1) is 0 Å². The third-order valence-electron chi connectivity index (χ3n) is 5.28. The highest BCUT2D eigenvalue weighted by Gasteiger charge is 2.43. The summed E-state index contributed by atoms with van der Waals surface area (Å²) in [4.78, 5) is 24.5. The molecule has 0 aliphatic carbocycles. The Hall–Kier alpha value is -0.0600. The van der Waals surface area contributed by atoms with Crippen molar-refractivity contribution in [3.63, 3.8) is 0 Å². The zero-order valence-electron chi connectivity index (χ0n) is 12.8. The van der Waals surface area contributed by atoms with Gasteiger partial charge in [0.15, 0.2) is 0 Å². The van der Waals surface area contributed by atoms with Crippen molar-refractivity contribution in [2.75, 3.05) is 0 Å². The Labute approximate surface area is 123 Å². The van der Waals surface area contributed by atoms with Gasteiger partial charge in [-0.3, -0.25) is 9.59 Å². The molecule has 0 aromatic heterocycles. The third-order valence-corrected chi connectivity index (χ3v) is 12.2. The van der Waals surface area contributed by atoms with Crippen molar-refractivity contribution in [3.8, 4) is 0 Å². The molecule has 1 aromatic carbocycles. The molecule has 4 atom stereocenters. The Balaban J connectivity index is 2.04. The molecule has 0 radical (unpaired) electrons. The highest BCUT2D eigenvalue weighted by Crippen LogP contribution is 2.58. The van der Waals surface area contributed by atoms with Gasteiger partial charge >= 0.3 is 0 Å². The lowest BCUT2D eigenvalue weighted by atomic mass is 10.2. The second-order valence-corrected chi connectivity index (χ2v) is 12.8. The van der Waals surface area contributed by atoms with Crippen molar-refractivity contribution in [2.45, 2.75) is 76.0 Å². The van der Waals surface area contributed by atoms with Crippen molar-refractivity contribution >= 4 is 26.5 Å². The largest absolute Gasteiger partial charge is 0.285 e. The molecule has 0 saturated carbocycles. The smallest absolute Gasteiger partial charge is 0.234 e. The van der Waals surface area contributed by atoms with E-state index in [1.54, 1.807) is 0 Å². The summed E-state index contributed by atoms with van der Waals surface area (Å²) < 4.78 is 0. The van der Waals surface area contributed by atoms with Crippen molar-refractivity contribution in [3.05, 3.63) is 20.4 Å². The summed E-state index contributed by atoms with van der Waals surface area (Å²) in [5.41, 5.74) is 2.30. The van der Waals surface area contributed by atoms with Gasteiger partial charge in [0.2, 0.25) is 10.9 Å². The van der Waals surface area contributed by atoms with E-state index >= 15 is 0 Å². The normalized spacial score (nSPS) is 36.2. The van der Waals surface area contributed by atoms with Crippen LogP contribution in [0.2, 0.25) is 0 Å². The average Bonchev–Trinajstić information content (AvgIpc) is 2.91. The zero-order valence-corrected chi connectivity index (χ0v) is 14.6. The summed E-state index contributed by atoms with van der Waals surface area (Å²) in [5.74, 6) is 0. The highest BCUT2D eigenvalue weighted by molar-refractivity contribution is 7.73. The Bertz CT molecular complexity index is 516. The van der Waals surface area contributed by atoms with Gasteiger partial charge in [-0.1, -0.05) is 43.5 Å². The quantitative estimate of drug-likeness (QED) is 0.622. The van der Waals surface area contributed by atoms with Crippen molar-refractivity contribution in [2.24, 2.45) is 0 Å². The SMILES string of the molecule is C[C@@H]1CC[C@@H](C)P1c1c(P2[C@H](C)CC[C@H]2C)c(=O)c1=O. The van der Waals surface area contributed by atoms with E-state index in [1.165, 1.54) is 25.7 Å². The van der Waals surface area contributed by atoms with Crippen LogP contribution in [-0.2, 0) is 0 Å². The van der Waals surface area contributed by atoms with Crippen LogP contribution in [0.4, 0.5) is 0 Å². The molecule has 2 aliphatic heterocycles. The van der Waals surface area contributed by atoms with E-state index < -0.39 is 0 Å². The lowest BCUT2D eigenvalue weighted by Crippen LogP contribution is -2.61. The van der Waals surface area contributed by atoms with Gasteiger partial charge in [0, 0.05) is 10.6 Å². The molecule has 20 heavy (non-hydrogen) atoms. The van der Waals surface area contributed by atoms with Crippen LogP contribution < -0.4 is 21.5 Å². The van der Waals surface area contributed by atoms with E-state index in [9.17, 15) is 9.59 Å². The topological polar surface area (TPSA) is 34.1 Å². The Kier molecular flexibility index (Phi) is 3.93. The molecule has 0 spiro atoms. The third kappa shape index (κ3) is 2.06. The van der Waals surface area contributed by atoms with E-state index in [0.29, 0.717) is 22.6 Å². The van der Waals surface area contributed by atoms with Crippen LogP contribution in [0.3, 0.4) is 0 Å². The maximum absolute atomic E-state index is 12.2. The minimum absolute atomic E-state index is 0.111. The van der Waals surface area contributed by atoms with Gasteiger partial charge in [-0.25, -0.2) is 0 Å². The number of hydrogen-bond acceptors (Lipinski definition) is 2. The Morgan fingerprint density at radius 1 is 0.650 bits per heavy atom. The van der Waals surface area contributed by atoms with Crippen molar-refractivity contribution in [1.82, 2.24) is 0 Å². The minimum atomic E-state index is -0.376. The van der Waals surface area contributed by atoms with Crippen LogP contribution in [0.15, 0.2) is 9.59 Å². The molecule has 2 nitrogen and oxygen atoms in total. The van der Waals surface area contributed by atoms with Crippen LogP contribution in [0.5, 0.6) is 0 Å². The first-order chi connectivity index (χ1) is 9.43. The minimum Gasteiger partial charge on any atom is -0.285 e. The van der Waals surface area contributed by atoms with Crippen molar-refractivity contribution in [1.29, 1.82) is 0 Å². The fourth-order valence-corrected chi connectivity index (χ4v) is 11.4. The summed E-state index contributed by atoms with van der Waals surface area (Å²) in [6.07, 6.45) is 4.92. The fraction of sp³-hybridized carbons (Fsp3) is 0.750. The van der Waals surface area contributed by atoms with Crippen LogP contribution in [0, 0.1) is 0 Å². The zero-order chi connectivity index (χ0) is 14.6. The monoisotopic (exact) mass is 310 g/mol. The second kappa shape index (κ2) is 5.29. The van der Waals surface area contributed by atoms with Crippen LogP contribution in [-0.4, -0.2) is 22.6 Å². The molecule has 2 fully saturated rings. The van der Waals surface area contributed by atoms with Gasteiger partial charge in [-0.05, 0) is 48.3 Å². The maximum atomic E-state index is 12.2. The van der Waals surface area contributed by atoms with E-state index in [4.69, 9.17) is 0 Å². The molecule has 0 unspecified atom stereocenters. The molecule has 2 heterocycles. The summed E-state index contributed by atoms with van der Waals surface area (Å²) in [7, 11) is -0.752. The maximum Gasteiger partial charge on any atom is 0.234 e. The summed E-state index contributed by atoms with van der Waals surface area (Å²) in [6.45, 7) is 9.13. The average molecular weight is 310 g/mol. The number of hydrogen-bond donors (Lipinski definition) is 0. The molecule has 0 bridgehead atoms. The molecule has 4 heteroatoms. The molecular formula is C16H24O2P2. The Morgan fingerprint density at radius 3 is 1.15 bits per heavy atom. The molecule has 110 valence electrons. The lowest BCUT2D eigenvalue weighted by molar-refractivity contribution is 0.777. The van der Waals surface area contributed by atoms with Gasteiger partial charge < -0.3 is 0 Å². The standard InChI is InChI=1S/C16H24O2P2/c1-9-5-6-10(2)19(9)15-13(17)14(18)16(15)20-11(3)7-8-12(20)4/h9-12H,5-8H2,1-4H3/t9-,10-,11-,12-/m1/s1. The summed E-state index contributed by atoms with van der Waals surface area (Å²) >= 11 is 0. The second-order valence-electron chi connectivity index (χ2n) is 6.72. The van der Waals surface area contributed by atoms with Gasteiger partial charge in [-0.2, -0.15) is 0 Å². The molecule has 1 aromatic rings. The van der Waals surface area contributed by atoms with Gasteiger partial charge in [0.1, 0.15) is 0 Å². The molecule has 3 rings (SSSR count). The van der Waals surface area contributed by atoms with Crippen LogP contribution >= 0.6 is 15.8 Å². The molecular weight excluding hydrogens is 286 g/mol. The van der Waals surface area contributed by atoms with Gasteiger partial charge in [0.25, 0.3) is 0 Å². The summed E-state index contributed by atoms with van der Waals surface area (Å²) in [5, 5.41) is 2.07. The fourth-order valence-electron chi connectivity index (χ4n) is 4.12. The van der Waals surface area contributed by atoms with Crippen LogP contribution in [0.25, 0.3) is 0 Å². The highest BCUT2D eigenvalue weighted by atomic mass is 31.1. The predicted molar refractivity (Wildman–Crippen MR) is 90.8 cm³/mol. The first kappa shape index (κ1) is 14.9. The molecule has 0 N–H and O–H groups in total. The molecule has 2 aliphatic rings. The first-order valence-corrected chi connectivity index (χ1v) is 10.8. The van der Waals surface area contributed by atoms with Gasteiger partial charge in [-0.15, -0.1) is 0 Å². The summed E-state index contributed by atoms with van der Waals surface area (Å²) in [6, 6.07) is 0. The first-order valence-electron chi connectivity index (χ1n) is 7.83. The number of rotatable bonds is 2. The molecule has 0 amide bonds. The predicted octanol–water partition coefficient (Wildman–Crippen LogP) is 2.64. The van der Waals surface area contributed by atoms with E-state index in [2.05, 4.69) is 27.7 Å². The van der Waals surface area contributed by atoms with E-state index in [0.717, 1.165) is 10.6 Å². The van der Waals surface area contributed by atoms with Crippen molar-refractivity contribution < 1.29 is 0 Å². The van der Waals surface area contributed by atoms with Crippen LogP contribution in [0.1, 0.15) is 53.4 Å². The van der Waals surface area contributed by atoms with E-state index in [1.807, 2.05) is 0 Å². The van der Waals surface area contributed by atoms with E-state index in [-0.39, 0.29) is 26.7 Å². The Morgan fingerprint density at radius 2 is 0.900 bits per heavy atom. The lowest BCUT2D eigenvalue weighted by Gasteiger charge is -2.30. The molecule has 2 saturated heterocycles.